The topological polar surface area (TPSA) is 54.5 Å². The van der Waals surface area contributed by atoms with Gasteiger partial charge in [0.2, 0.25) is 5.91 Å². The molecule has 1 unspecified atom stereocenters. The third kappa shape index (κ3) is 4.43. The quantitative estimate of drug-likeness (QED) is 0.601. The van der Waals surface area contributed by atoms with Crippen molar-refractivity contribution in [2.24, 2.45) is 0 Å². The smallest absolute Gasteiger partial charge is 0.224 e. The van der Waals surface area contributed by atoms with Crippen LogP contribution in [0, 0.1) is 0 Å². The number of pyridine rings is 1. The Labute approximate surface area is 179 Å². The molecule has 0 radical (unpaired) electrons. The maximum Gasteiger partial charge on any atom is 0.224 e. The normalized spacial score (nSPS) is 16.8. The summed E-state index contributed by atoms with van der Waals surface area (Å²) >= 11 is 7.87. The molecule has 0 saturated carbocycles. The molecule has 2 aromatic carbocycles. The van der Waals surface area contributed by atoms with Crippen LogP contribution in [0.25, 0.3) is 10.9 Å². The highest BCUT2D eigenvalue weighted by atomic mass is 35.5. The molecule has 3 aromatic rings. The molecule has 150 valence electrons. The number of nitrogens with one attached hydrogen (secondary N) is 1. The number of ether oxygens (including phenoxy) is 1. The number of carbonyl (C=O) groups is 1. The molecule has 1 aromatic heterocycles. The van der Waals surface area contributed by atoms with Gasteiger partial charge in [0.05, 0.1) is 12.6 Å². The number of methoxy groups -OCH3 is 1. The van der Waals surface area contributed by atoms with Crippen LogP contribution in [0.4, 0.5) is 5.69 Å². The van der Waals surface area contributed by atoms with E-state index >= 15 is 0 Å². The van der Waals surface area contributed by atoms with Crippen molar-refractivity contribution in [1.82, 2.24) is 9.88 Å². The van der Waals surface area contributed by atoms with Gasteiger partial charge in [0.25, 0.3) is 0 Å². The van der Waals surface area contributed by atoms with Crippen molar-refractivity contribution < 1.29 is 9.53 Å². The molecule has 1 aliphatic heterocycles. The van der Waals surface area contributed by atoms with Gasteiger partial charge in [-0.3, -0.25) is 9.78 Å². The molecule has 29 heavy (non-hydrogen) atoms. The third-order valence-corrected chi connectivity index (χ3v) is 6.46. The molecule has 1 aliphatic rings. The van der Waals surface area contributed by atoms with E-state index in [1.807, 2.05) is 47.4 Å². The number of amides is 1. The SMILES string of the molecule is COc1cccc(C2SCCC(=O)N2CCNc2ccnc3cc(Cl)ccc23)c1. The molecule has 1 atom stereocenters. The van der Waals surface area contributed by atoms with Gasteiger partial charge in [-0.2, -0.15) is 0 Å². The van der Waals surface area contributed by atoms with E-state index in [0.29, 0.717) is 24.5 Å². The number of nitrogens with zero attached hydrogens (tertiary/aromatic N) is 2. The van der Waals surface area contributed by atoms with Gasteiger partial charge in [-0.25, -0.2) is 0 Å². The lowest BCUT2D eigenvalue weighted by Crippen LogP contribution is -2.40. The summed E-state index contributed by atoms with van der Waals surface area (Å²) in [6, 6.07) is 15.6. The zero-order valence-electron chi connectivity index (χ0n) is 16.1. The second-order valence-electron chi connectivity index (χ2n) is 6.78. The summed E-state index contributed by atoms with van der Waals surface area (Å²) in [6.07, 6.45) is 2.34. The Hall–Kier alpha value is -2.44. The number of hydrogen-bond acceptors (Lipinski definition) is 5. The first-order valence-corrected chi connectivity index (χ1v) is 10.9. The molecule has 4 rings (SSSR count). The zero-order valence-corrected chi connectivity index (χ0v) is 17.7. The fraction of sp³-hybridized carbons (Fsp3) is 0.273. The molecule has 1 amide bonds. The average molecular weight is 428 g/mol. The second kappa shape index (κ2) is 8.93. The van der Waals surface area contributed by atoms with Crippen LogP contribution >= 0.6 is 23.4 Å². The van der Waals surface area contributed by atoms with Crippen LogP contribution in [0.1, 0.15) is 17.4 Å². The monoisotopic (exact) mass is 427 g/mol. The van der Waals surface area contributed by atoms with Crippen LogP contribution < -0.4 is 10.1 Å². The average Bonchev–Trinajstić information content (AvgIpc) is 2.74. The number of carbonyl (C=O) groups excluding carboxylic acids is 1. The van der Waals surface area contributed by atoms with E-state index in [2.05, 4.69) is 16.4 Å². The van der Waals surface area contributed by atoms with Crippen LogP contribution in [-0.2, 0) is 4.79 Å². The van der Waals surface area contributed by atoms with Gasteiger partial charge in [0, 0.05) is 47.6 Å². The lowest BCUT2D eigenvalue weighted by molar-refractivity contribution is -0.131. The maximum atomic E-state index is 12.7. The second-order valence-corrected chi connectivity index (χ2v) is 8.41. The third-order valence-electron chi connectivity index (χ3n) is 4.95. The first-order chi connectivity index (χ1) is 14.2. The van der Waals surface area contributed by atoms with Gasteiger partial charge in [-0.05, 0) is 42.0 Å². The summed E-state index contributed by atoms with van der Waals surface area (Å²) < 4.78 is 5.36. The molecule has 1 fully saturated rings. The van der Waals surface area contributed by atoms with Crippen molar-refractivity contribution in [1.29, 1.82) is 0 Å². The van der Waals surface area contributed by atoms with Gasteiger partial charge >= 0.3 is 0 Å². The first kappa shape index (κ1) is 19.9. The van der Waals surface area contributed by atoms with Crippen LogP contribution in [0.5, 0.6) is 5.75 Å². The van der Waals surface area contributed by atoms with E-state index in [-0.39, 0.29) is 11.3 Å². The summed E-state index contributed by atoms with van der Waals surface area (Å²) in [7, 11) is 1.66. The number of hydrogen-bond donors (Lipinski definition) is 1. The highest BCUT2D eigenvalue weighted by Gasteiger charge is 2.29. The highest BCUT2D eigenvalue weighted by molar-refractivity contribution is 7.99. The molecule has 1 N–H and O–H groups in total. The number of rotatable bonds is 6. The number of aromatic nitrogens is 1. The van der Waals surface area contributed by atoms with Gasteiger partial charge in [-0.1, -0.05) is 23.7 Å². The fourth-order valence-electron chi connectivity index (χ4n) is 3.52. The van der Waals surface area contributed by atoms with Gasteiger partial charge in [0.15, 0.2) is 0 Å². The van der Waals surface area contributed by atoms with E-state index in [1.165, 1.54) is 0 Å². The first-order valence-electron chi connectivity index (χ1n) is 9.49. The predicted molar refractivity (Wildman–Crippen MR) is 120 cm³/mol. The Morgan fingerprint density at radius 3 is 3.03 bits per heavy atom. The summed E-state index contributed by atoms with van der Waals surface area (Å²) in [5, 5.41) is 5.14. The van der Waals surface area contributed by atoms with Gasteiger partial charge in [0.1, 0.15) is 11.1 Å². The number of anilines is 1. The van der Waals surface area contributed by atoms with Crippen LogP contribution in [0.15, 0.2) is 54.7 Å². The molecular weight excluding hydrogens is 406 g/mol. The minimum Gasteiger partial charge on any atom is -0.497 e. The Kier molecular flexibility index (Phi) is 6.11. The standard InChI is InChI=1S/C22H22ClN3O2S/c1-28-17-4-2-3-15(13-17)22-26(21(27)8-12-29-22)11-10-25-19-7-9-24-20-14-16(23)5-6-18(19)20/h2-7,9,13-14,22H,8,10-12H2,1H3,(H,24,25). The van der Waals surface area contributed by atoms with E-state index in [1.54, 1.807) is 25.1 Å². The highest BCUT2D eigenvalue weighted by Crippen LogP contribution is 2.38. The number of benzene rings is 2. The summed E-state index contributed by atoms with van der Waals surface area (Å²) in [5.41, 5.74) is 2.93. The van der Waals surface area contributed by atoms with Gasteiger partial charge < -0.3 is 15.0 Å². The van der Waals surface area contributed by atoms with Crippen molar-refractivity contribution in [2.45, 2.75) is 11.8 Å². The van der Waals surface area contributed by atoms with Crippen LogP contribution in [-0.4, -0.2) is 41.7 Å². The van der Waals surface area contributed by atoms with Crippen LogP contribution in [0.3, 0.4) is 0 Å². The lowest BCUT2D eigenvalue weighted by Gasteiger charge is -2.35. The Morgan fingerprint density at radius 1 is 1.28 bits per heavy atom. The lowest BCUT2D eigenvalue weighted by atomic mass is 10.1. The Balaban J connectivity index is 1.49. The summed E-state index contributed by atoms with van der Waals surface area (Å²) in [6.45, 7) is 1.26. The van der Waals surface area contributed by atoms with Crippen molar-refractivity contribution in [2.75, 3.05) is 31.3 Å². The minimum atomic E-state index is 0.00106. The molecule has 0 aliphatic carbocycles. The molecule has 0 spiro atoms. The Bertz CT molecular complexity index is 1030. The van der Waals surface area contributed by atoms with Gasteiger partial charge in [-0.15, -0.1) is 11.8 Å². The number of thioether (sulfide) groups is 1. The zero-order chi connectivity index (χ0) is 20.2. The van der Waals surface area contributed by atoms with E-state index < -0.39 is 0 Å². The largest absolute Gasteiger partial charge is 0.497 e. The van der Waals surface area contributed by atoms with Crippen molar-refractivity contribution in [3.05, 3.63) is 65.3 Å². The van der Waals surface area contributed by atoms with Crippen LogP contribution in [0.2, 0.25) is 5.02 Å². The molecule has 5 nitrogen and oxygen atoms in total. The fourth-order valence-corrected chi connectivity index (χ4v) is 4.95. The van der Waals surface area contributed by atoms with E-state index in [9.17, 15) is 4.79 Å². The van der Waals surface area contributed by atoms with Crippen molar-refractivity contribution in [3.63, 3.8) is 0 Å². The minimum absolute atomic E-state index is 0.00106. The molecule has 7 heteroatoms. The maximum absolute atomic E-state index is 12.7. The number of fused-ring (bicyclic) bond motifs is 1. The molecule has 2 heterocycles. The number of halogens is 1. The van der Waals surface area contributed by atoms with E-state index in [4.69, 9.17) is 16.3 Å². The summed E-state index contributed by atoms with van der Waals surface area (Å²) in [5.74, 6) is 1.83. The molecule has 0 bridgehead atoms. The van der Waals surface area contributed by atoms with Crippen molar-refractivity contribution in [3.8, 4) is 5.75 Å². The van der Waals surface area contributed by atoms with Crippen molar-refractivity contribution >= 4 is 45.9 Å². The Morgan fingerprint density at radius 2 is 2.17 bits per heavy atom. The van der Waals surface area contributed by atoms with E-state index in [0.717, 1.165) is 33.7 Å². The summed E-state index contributed by atoms with van der Waals surface area (Å²) in [4.78, 5) is 19.0. The molecule has 1 saturated heterocycles. The predicted octanol–water partition coefficient (Wildman–Crippen LogP) is 4.97. The molecular formula is C22H22ClN3O2S.